The third kappa shape index (κ3) is 4.52. The Bertz CT molecular complexity index is 881. The zero-order valence-corrected chi connectivity index (χ0v) is 16.4. The summed E-state index contributed by atoms with van der Waals surface area (Å²) in [6.07, 6.45) is 1.52. The van der Waals surface area contributed by atoms with E-state index in [-0.39, 0.29) is 11.4 Å². The third-order valence-corrected chi connectivity index (χ3v) is 5.13. The Balaban J connectivity index is 1.69. The summed E-state index contributed by atoms with van der Waals surface area (Å²) in [5.74, 6) is -0.269. The van der Waals surface area contributed by atoms with Crippen molar-refractivity contribution >= 4 is 11.9 Å². The van der Waals surface area contributed by atoms with Crippen LogP contribution in [0.3, 0.4) is 0 Å². The molecular weight excluding hydrogens is 375 g/mol. The summed E-state index contributed by atoms with van der Waals surface area (Å²) in [5, 5.41) is 8.16. The molecule has 0 atom stereocenters. The van der Waals surface area contributed by atoms with Crippen molar-refractivity contribution in [3.05, 3.63) is 41.3 Å². The van der Waals surface area contributed by atoms with Crippen LogP contribution in [-0.2, 0) is 4.84 Å². The monoisotopic (exact) mass is 400 g/mol. The van der Waals surface area contributed by atoms with E-state index >= 15 is 0 Å². The summed E-state index contributed by atoms with van der Waals surface area (Å²) in [4.78, 5) is 29.7. The third-order valence-electron chi connectivity index (χ3n) is 5.13. The van der Waals surface area contributed by atoms with Gasteiger partial charge in [-0.2, -0.15) is 0 Å². The van der Waals surface area contributed by atoms with E-state index in [0.717, 1.165) is 39.3 Å². The number of aryl methyl sites for hydroxylation is 1. The molecule has 2 fully saturated rings. The fraction of sp³-hybridized carbons (Fsp3) is 0.450. The number of benzene rings is 1. The molecule has 4 rings (SSSR count). The Morgan fingerprint density at radius 2 is 1.79 bits per heavy atom. The summed E-state index contributed by atoms with van der Waals surface area (Å²) >= 11 is 0. The number of rotatable bonds is 4. The minimum Gasteiger partial charge on any atom is -0.364 e. The number of halogens is 1. The van der Waals surface area contributed by atoms with E-state index < -0.39 is 5.97 Å². The number of hydroxylamine groups is 2. The Hall–Kier alpha value is -2.62. The van der Waals surface area contributed by atoms with Gasteiger partial charge in [-0.1, -0.05) is 0 Å². The Morgan fingerprint density at radius 1 is 1.10 bits per heavy atom. The summed E-state index contributed by atoms with van der Waals surface area (Å²) in [6.45, 7) is 7.83. The summed E-state index contributed by atoms with van der Waals surface area (Å²) in [6, 6.07) is 4.46. The van der Waals surface area contributed by atoms with Crippen molar-refractivity contribution in [3.8, 4) is 11.3 Å². The Kier molecular flexibility index (Phi) is 5.98. The summed E-state index contributed by atoms with van der Waals surface area (Å²) in [7, 11) is 0. The molecule has 29 heavy (non-hydrogen) atoms. The minimum atomic E-state index is -0.502. The van der Waals surface area contributed by atoms with Crippen LogP contribution >= 0.6 is 0 Å². The van der Waals surface area contributed by atoms with Crippen LogP contribution < -0.4 is 15.5 Å². The number of carbonyl (C=O) groups is 1. The highest BCUT2D eigenvalue weighted by molar-refractivity contribution is 5.96. The van der Waals surface area contributed by atoms with Gasteiger partial charge in [-0.15, -0.1) is 5.06 Å². The largest absolute Gasteiger partial charge is 0.364 e. The van der Waals surface area contributed by atoms with Crippen molar-refractivity contribution in [2.45, 2.75) is 6.92 Å². The van der Waals surface area contributed by atoms with Crippen LogP contribution in [0.1, 0.15) is 15.9 Å². The molecule has 2 aromatic rings. The zero-order valence-electron chi connectivity index (χ0n) is 16.4. The van der Waals surface area contributed by atoms with Gasteiger partial charge in [0.25, 0.3) is 0 Å². The van der Waals surface area contributed by atoms with Gasteiger partial charge < -0.3 is 20.4 Å². The molecular formula is C20H25FN6O2. The predicted octanol–water partition coefficient (Wildman–Crippen LogP) is 0.978. The second kappa shape index (κ2) is 8.81. The first kappa shape index (κ1) is 19.7. The predicted molar refractivity (Wildman–Crippen MR) is 107 cm³/mol. The van der Waals surface area contributed by atoms with Gasteiger partial charge in [-0.05, 0) is 30.7 Å². The highest BCUT2D eigenvalue weighted by Gasteiger charge is 2.24. The van der Waals surface area contributed by atoms with Crippen LogP contribution in [-0.4, -0.2) is 73.4 Å². The number of hydrogen-bond acceptors (Lipinski definition) is 8. The quantitative estimate of drug-likeness (QED) is 0.786. The maximum atomic E-state index is 13.6. The van der Waals surface area contributed by atoms with E-state index in [1.807, 2.05) is 0 Å². The molecule has 0 amide bonds. The molecule has 1 aromatic carbocycles. The highest BCUT2D eigenvalue weighted by atomic mass is 19.1. The molecule has 3 heterocycles. The summed E-state index contributed by atoms with van der Waals surface area (Å²) in [5.41, 5.74) is 2.13. The number of carbonyl (C=O) groups excluding carboxylic acids is 1. The van der Waals surface area contributed by atoms with Crippen molar-refractivity contribution in [2.75, 3.05) is 57.3 Å². The molecule has 2 N–H and O–H groups in total. The van der Waals surface area contributed by atoms with Crippen LogP contribution in [0.4, 0.5) is 10.3 Å². The van der Waals surface area contributed by atoms with Crippen molar-refractivity contribution < 1.29 is 14.0 Å². The lowest BCUT2D eigenvalue weighted by Crippen LogP contribution is -2.44. The number of nitrogens with one attached hydrogen (secondary N) is 2. The molecule has 2 aliphatic rings. The number of aromatic nitrogens is 2. The second-order valence-corrected chi connectivity index (χ2v) is 7.19. The molecule has 0 radical (unpaired) electrons. The smallest absolute Gasteiger partial charge is 0.360 e. The van der Waals surface area contributed by atoms with E-state index in [4.69, 9.17) is 9.82 Å². The van der Waals surface area contributed by atoms with E-state index in [0.29, 0.717) is 35.9 Å². The fourth-order valence-corrected chi connectivity index (χ4v) is 3.54. The highest BCUT2D eigenvalue weighted by Crippen LogP contribution is 2.28. The lowest BCUT2D eigenvalue weighted by Gasteiger charge is -2.28. The maximum absolute atomic E-state index is 13.6. The van der Waals surface area contributed by atoms with E-state index in [2.05, 4.69) is 20.5 Å². The average molecular weight is 400 g/mol. The second-order valence-electron chi connectivity index (χ2n) is 7.19. The topological polar surface area (TPSA) is 82.6 Å². The molecule has 0 bridgehead atoms. The lowest BCUT2D eigenvalue weighted by molar-refractivity contribution is -0.115. The molecule has 0 saturated carbocycles. The molecule has 8 nitrogen and oxygen atoms in total. The molecule has 0 unspecified atom stereocenters. The Labute approximate surface area is 169 Å². The van der Waals surface area contributed by atoms with Gasteiger partial charge in [0.1, 0.15) is 11.4 Å². The van der Waals surface area contributed by atoms with Crippen LogP contribution in [0, 0.1) is 12.7 Å². The van der Waals surface area contributed by atoms with E-state index in [9.17, 15) is 9.18 Å². The zero-order chi connectivity index (χ0) is 20.2. The van der Waals surface area contributed by atoms with Gasteiger partial charge in [0, 0.05) is 64.1 Å². The molecule has 154 valence electrons. The SMILES string of the molecule is Cc1cc(F)ccc1-c1nc(N2CCNCC2)ncc1C(=O)ON1CCNCC1. The number of nitrogens with zero attached hydrogens (tertiary/aromatic N) is 4. The van der Waals surface area contributed by atoms with Crippen LogP contribution in [0.2, 0.25) is 0 Å². The lowest BCUT2D eigenvalue weighted by atomic mass is 10.0. The number of anilines is 1. The first-order chi connectivity index (χ1) is 14.1. The first-order valence-corrected chi connectivity index (χ1v) is 9.89. The van der Waals surface area contributed by atoms with E-state index in [1.165, 1.54) is 18.3 Å². The number of hydrogen-bond donors (Lipinski definition) is 2. The van der Waals surface area contributed by atoms with Gasteiger partial charge in [-0.25, -0.2) is 19.2 Å². The van der Waals surface area contributed by atoms with E-state index in [1.54, 1.807) is 18.1 Å². The summed E-state index contributed by atoms with van der Waals surface area (Å²) < 4.78 is 13.6. The molecule has 1 aromatic heterocycles. The standard InChI is InChI=1S/C20H25FN6O2/c1-14-12-15(21)2-3-16(14)18-17(19(28)29-27-10-6-23-7-11-27)13-24-20(25-18)26-8-4-22-5-9-26/h2-3,12-13,22-23H,4-11H2,1H3. The molecule has 2 saturated heterocycles. The van der Waals surface area contributed by atoms with Gasteiger partial charge in [0.05, 0.1) is 5.69 Å². The molecule has 0 spiro atoms. The maximum Gasteiger partial charge on any atom is 0.360 e. The number of piperazine rings is 2. The first-order valence-electron chi connectivity index (χ1n) is 9.89. The molecule has 0 aliphatic carbocycles. The van der Waals surface area contributed by atoms with Crippen LogP contribution in [0.5, 0.6) is 0 Å². The fourth-order valence-electron chi connectivity index (χ4n) is 3.54. The van der Waals surface area contributed by atoms with Gasteiger partial charge in [0.2, 0.25) is 5.95 Å². The van der Waals surface area contributed by atoms with Crippen molar-refractivity contribution in [1.29, 1.82) is 0 Å². The van der Waals surface area contributed by atoms with Gasteiger partial charge in [0.15, 0.2) is 0 Å². The van der Waals surface area contributed by atoms with Crippen molar-refractivity contribution in [3.63, 3.8) is 0 Å². The van der Waals surface area contributed by atoms with Crippen molar-refractivity contribution in [1.82, 2.24) is 25.7 Å². The van der Waals surface area contributed by atoms with Crippen molar-refractivity contribution in [2.24, 2.45) is 0 Å². The minimum absolute atomic E-state index is 0.275. The average Bonchev–Trinajstić information content (AvgIpc) is 2.75. The van der Waals surface area contributed by atoms with Gasteiger partial charge in [-0.3, -0.25) is 0 Å². The normalized spacial score (nSPS) is 17.9. The molecule has 9 heteroatoms. The van der Waals surface area contributed by atoms with Crippen LogP contribution in [0.25, 0.3) is 11.3 Å². The van der Waals surface area contributed by atoms with Gasteiger partial charge >= 0.3 is 5.97 Å². The van der Waals surface area contributed by atoms with Crippen LogP contribution in [0.15, 0.2) is 24.4 Å². The molecule has 2 aliphatic heterocycles. The Morgan fingerprint density at radius 3 is 2.48 bits per heavy atom.